The first-order valence-electron chi connectivity index (χ1n) is 14.2. The Morgan fingerprint density at radius 1 is 1.03 bits per heavy atom. The zero-order valence-corrected chi connectivity index (χ0v) is 21.8. The standard InChI is InChI=1S/C29H45NO4/c1-15-12-23-26(30(14-15)18(4)31)17(3)29(34-23)11-9-21-22-7-6-19-13-20(32)8-10-28(19,5)25(22)27(33)24(21)16(29)2/h15-17,19-26,32H,6-14H2,1-5H3/t15-,16?,17+,19?,20-,21-,22-,23+,24?,25+,26-,28-,29-/m0/s1. The predicted molar refractivity (Wildman–Crippen MR) is 130 cm³/mol. The molecule has 0 radical (unpaired) electrons. The van der Waals surface area contributed by atoms with Crippen LogP contribution >= 0.6 is 0 Å². The van der Waals surface area contributed by atoms with Crippen LogP contribution in [0, 0.1) is 52.8 Å². The summed E-state index contributed by atoms with van der Waals surface area (Å²) in [6.07, 6.45) is 8.10. The molecule has 13 atom stereocenters. The number of likely N-dealkylation sites (tertiary alicyclic amines) is 1. The zero-order chi connectivity index (χ0) is 24.2. The Morgan fingerprint density at radius 2 is 1.79 bits per heavy atom. The van der Waals surface area contributed by atoms with Gasteiger partial charge < -0.3 is 14.7 Å². The molecule has 5 heteroatoms. The summed E-state index contributed by atoms with van der Waals surface area (Å²) in [6, 6.07) is 0.146. The topological polar surface area (TPSA) is 66.8 Å². The summed E-state index contributed by atoms with van der Waals surface area (Å²) < 4.78 is 7.05. The van der Waals surface area contributed by atoms with Crippen LogP contribution in [0.15, 0.2) is 0 Å². The molecular formula is C29H45NO4. The Labute approximate surface area is 205 Å². The number of aliphatic hydroxyl groups excluding tert-OH is 1. The first kappa shape index (κ1) is 23.5. The number of hydrogen-bond acceptors (Lipinski definition) is 4. The molecule has 1 amide bonds. The number of ketones is 1. The summed E-state index contributed by atoms with van der Waals surface area (Å²) in [4.78, 5) is 29.0. The van der Waals surface area contributed by atoms with E-state index in [4.69, 9.17) is 4.74 Å². The second-order valence-electron chi connectivity index (χ2n) is 13.7. The van der Waals surface area contributed by atoms with Crippen molar-refractivity contribution in [2.75, 3.05) is 6.54 Å². The van der Waals surface area contributed by atoms with E-state index in [1.165, 1.54) is 6.42 Å². The van der Waals surface area contributed by atoms with Crippen molar-refractivity contribution in [2.24, 2.45) is 52.8 Å². The van der Waals surface area contributed by atoms with Crippen molar-refractivity contribution in [1.29, 1.82) is 0 Å². The van der Waals surface area contributed by atoms with Gasteiger partial charge in [-0.25, -0.2) is 0 Å². The van der Waals surface area contributed by atoms with Gasteiger partial charge in [-0.3, -0.25) is 9.59 Å². The first-order valence-corrected chi connectivity index (χ1v) is 14.2. The van der Waals surface area contributed by atoms with Crippen molar-refractivity contribution in [2.45, 2.75) is 110 Å². The number of ether oxygens (including phenoxy) is 1. The van der Waals surface area contributed by atoms with Gasteiger partial charge in [0, 0.05) is 31.2 Å². The molecule has 5 nitrogen and oxygen atoms in total. The smallest absolute Gasteiger partial charge is 0.219 e. The Balaban J connectivity index is 1.31. The van der Waals surface area contributed by atoms with Crippen molar-refractivity contribution in [3.8, 4) is 0 Å². The van der Waals surface area contributed by atoms with E-state index in [0.717, 1.165) is 51.5 Å². The van der Waals surface area contributed by atoms with Crippen molar-refractivity contribution >= 4 is 11.7 Å². The highest BCUT2D eigenvalue weighted by atomic mass is 16.5. The summed E-state index contributed by atoms with van der Waals surface area (Å²) >= 11 is 0. The van der Waals surface area contributed by atoms with Gasteiger partial charge in [0.25, 0.3) is 0 Å². The summed E-state index contributed by atoms with van der Waals surface area (Å²) in [5.41, 5.74) is -0.235. The lowest BCUT2D eigenvalue weighted by atomic mass is 9.52. The molecule has 0 aromatic heterocycles. The molecule has 6 fully saturated rings. The van der Waals surface area contributed by atoms with Crippen molar-refractivity contribution in [3.63, 3.8) is 0 Å². The molecule has 2 aliphatic heterocycles. The van der Waals surface area contributed by atoms with Gasteiger partial charge in [0.2, 0.25) is 5.91 Å². The highest BCUT2D eigenvalue weighted by Crippen LogP contribution is 2.67. The third kappa shape index (κ3) is 2.98. The zero-order valence-electron chi connectivity index (χ0n) is 21.8. The van der Waals surface area contributed by atoms with E-state index >= 15 is 0 Å². The lowest BCUT2D eigenvalue weighted by Gasteiger charge is -2.53. The van der Waals surface area contributed by atoms with E-state index < -0.39 is 0 Å². The molecule has 6 rings (SSSR count). The number of hydrogen-bond donors (Lipinski definition) is 1. The molecule has 2 heterocycles. The summed E-state index contributed by atoms with van der Waals surface area (Å²) in [5, 5.41) is 10.3. The molecule has 4 saturated carbocycles. The van der Waals surface area contributed by atoms with E-state index in [-0.39, 0.29) is 58.8 Å². The Morgan fingerprint density at radius 3 is 2.53 bits per heavy atom. The van der Waals surface area contributed by atoms with Crippen LogP contribution in [0.3, 0.4) is 0 Å². The van der Waals surface area contributed by atoms with Gasteiger partial charge in [0.15, 0.2) is 0 Å². The normalized spacial score (nSPS) is 56.6. The monoisotopic (exact) mass is 471 g/mol. The molecule has 4 aliphatic carbocycles. The lowest BCUT2D eigenvalue weighted by Crippen LogP contribution is -2.55. The van der Waals surface area contributed by atoms with Crippen LogP contribution in [-0.2, 0) is 14.3 Å². The van der Waals surface area contributed by atoms with Gasteiger partial charge in [-0.2, -0.15) is 0 Å². The van der Waals surface area contributed by atoms with Crippen LogP contribution in [0.25, 0.3) is 0 Å². The maximum Gasteiger partial charge on any atom is 0.219 e. The first-order chi connectivity index (χ1) is 16.1. The average molecular weight is 472 g/mol. The summed E-state index contributed by atoms with van der Waals surface area (Å²) in [5.74, 6) is 3.35. The molecule has 1 N–H and O–H groups in total. The van der Waals surface area contributed by atoms with Crippen molar-refractivity contribution in [3.05, 3.63) is 0 Å². The minimum Gasteiger partial charge on any atom is -0.393 e. The number of carbonyl (C=O) groups excluding carboxylic acids is 2. The molecule has 0 bridgehead atoms. The van der Waals surface area contributed by atoms with Gasteiger partial charge >= 0.3 is 0 Å². The number of Topliss-reactive ketones (excluding diaryl/α,β-unsaturated/α-hetero) is 1. The average Bonchev–Trinajstić information content (AvgIpc) is 3.23. The molecule has 3 unspecified atom stereocenters. The van der Waals surface area contributed by atoms with E-state index in [0.29, 0.717) is 29.5 Å². The van der Waals surface area contributed by atoms with E-state index in [1.807, 2.05) is 0 Å². The van der Waals surface area contributed by atoms with Gasteiger partial charge in [-0.15, -0.1) is 0 Å². The lowest BCUT2D eigenvalue weighted by molar-refractivity contribution is -0.155. The molecular weight excluding hydrogens is 426 g/mol. The molecule has 6 aliphatic rings. The van der Waals surface area contributed by atoms with Crippen LogP contribution in [0.2, 0.25) is 0 Å². The van der Waals surface area contributed by atoms with Gasteiger partial charge in [0.1, 0.15) is 5.78 Å². The maximum absolute atomic E-state index is 14.3. The van der Waals surface area contributed by atoms with E-state index in [9.17, 15) is 14.7 Å². The molecule has 0 aromatic rings. The number of piperidine rings is 1. The number of amides is 1. The highest BCUT2D eigenvalue weighted by Gasteiger charge is 2.68. The van der Waals surface area contributed by atoms with Crippen LogP contribution in [-0.4, -0.2) is 52.1 Å². The maximum atomic E-state index is 14.3. The molecule has 34 heavy (non-hydrogen) atoms. The van der Waals surface area contributed by atoms with Gasteiger partial charge in [-0.1, -0.05) is 27.7 Å². The number of fused-ring (bicyclic) bond motifs is 6. The largest absolute Gasteiger partial charge is 0.393 e. The van der Waals surface area contributed by atoms with Crippen molar-refractivity contribution < 1.29 is 19.4 Å². The second kappa shape index (κ2) is 7.78. The predicted octanol–water partition coefficient (Wildman–Crippen LogP) is 4.46. The highest BCUT2D eigenvalue weighted by molar-refractivity contribution is 5.88. The molecule has 1 spiro atoms. The Kier molecular flexibility index (Phi) is 5.37. The quantitative estimate of drug-likeness (QED) is 0.567. The number of rotatable bonds is 0. The van der Waals surface area contributed by atoms with Crippen molar-refractivity contribution in [1.82, 2.24) is 4.90 Å². The molecule has 2 saturated heterocycles. The number of nitrogens with zero attached hydrogens (tertiary/aromatic N) is 1. The number of aliphatic hydroxyl groups is 1. The third-order valence-electron chi connectivity index (χ3n) is 12.3. The Bertz CT molecular complexity index is 874. The number of carbonyl (C=O) groups is 2. The molecule has 0 aromatic carbocycles. The fraction of sp³-hybridized carbons (Fsp3) is 0.931. The SMILES string of the molecule is CC(=O)N1C[C@@H](C)C[C@H]2O[C@]3(CC[C@@H]4C(C(=O)[C@H]5[C@H]4CCC4C[C@@H](O)CC[C@@]45C)C3C)[C@H](C)[C@@H]21. The Hall–Kier alpha value is -0.940. The van der Waals surface area contributed by atoms with E-state index in [1.54, 1.807) is 6.92 Å². The third-order valence-corrected chi connectivity index (χ3v) is 12.3. The van der Waals surface area contributed by atoms with Crippen LogP contribution in [0.4, 0.5) is 0 Å². The molecule has 190 valence electrons. The van der Waals surface area contributed by atoms with Crippen LogP contribution in [0.5, 0.6) is 0 Å². The fourth-order valence-corrected chi connectivity index (χ4v) is 10.7. The van der Waals surface area contributed by atoms with E-state index in [2.05, 4.69) is 32.6 Å². The summed E-state index contributed by atoms with van der Waals surface area (Å²) in [7, 11) is 0. The van der Waals surface area contributed by atoms with Gasteiger partial charge in [-0.05, 0) is 86.4 Å². The minimum absolute atomic E-state index is 0.0560. The van der Waals surface area contributed by atoms with Gasteiger partial charge in [0.05, 0.1) is 23.9 Å². The van der Waals surface area contributed by atoms with Crippen LogP contribution in [0.1, 0.15) is 86.0 Å². The van der Waals surface area contributed by atoms with Crippen LogP contribution < -0.4 is 0 Å². The fourth-order valence-electron chi connectivity index (χ4n) is 10.7. The summed E-state index contributed by atoms with van der Waals surface area (Å²) in [6.45, 7) is 11.8. The second-order valence-corrected chi connectivity index (χ2v) is 13.7. The minimum atomic E-state index is -0.291.